The zero-order valence-electron chi connectivity index (χ0n) is 11.8. The zero-order valence-corrected chi connectivity index (χ0v) is 11.8. The van der Waals surface area contributed by atoms with E-state index in [0.717, 1.165) is 23.2 Å². The van der Waals surface area contributed by atoms with Crippen molar-refractivity contribution in [3.63, 3.8) is 0 Å². The summed E-state index contributed by atoms with van der Waals surface area (Å²) in [5.74, 6) is -0.00541. The summed E-state index contributed by atoms with van der Waals surface area (Å²) >= 11 is 0. The quantitative estimate of drug-likeness (QED) is 0.852. The molecule has 0 saturated carbocycles. The summed E-state index contributed by atoms with van der Waals surface area (Å²) in [6, 6.07) is 7.87. The number of nitrogens with two attached hydrogens (primary N) is 1. The molecule has 0 spiro atoms. The van der Waals surface area contributed by atoms with E-state index < -0.39 is 5.41 Å². The molecule has 4 nitrogen and oxygen atoms in total. The largest absolute Gasteiger partial charge is 0.329 e. The van der Waals surface area contributed by atoms with E-state index in [1.165, 1.54) is 0 Å². The topological polar surface area (TPSA) is 78.9 Å². The second kappa shape index (κ2) is 6.35. The Kier molecular flexibility index (Phi) is 5.08. The van der Waals surface area contributed by atoms with Gasteiger partial charge in [-0.3, -0.25) is 4.79 Å². The molecule has 0 fully saturated rings. The van der Waals surface area contributed by atoms with Gasteiger partial charge in [-0.15, -0.1) is 0 Å². The monoisotopic (exact) mass is 259 g/mol. The minimum Gasteiger partial charge on any atom is -0.329 e. The number of carbonyl (C=O) groups is 1. The number of anilines is 1. The van der Waals surface area contributed by atoms with E-state index in [-0.39, 0.29) is 12.5 Å². The summed E-state index contributed by atoms with van der Waals surface area (Å²) in [6.07, 6.45) is 1.30. The smallest absolute Gasteiger partial charge is 0.224 e. The van der Waals surface area contributed by atoms with Crippen LogP contribution in [0.25, 0.3) is 0 Å². The third-order valence-electron chi connectivity index (χ3n) is 3.28. The van der Waals surface area contributed by atoms with Gasteiger partial charge in [-0.05, 0) is 37.5 Å². The molecular weight excluding hydrogens is 238 g/mol. The molecule has 0 heterocycles. The second-order valence-electron chi connectivity index (χ2n) is 4.98. The normalized spacial score (nSPS) is 13.4. The van der Waals surface area contributed by atoms with Crippen LogP contribution >= 0.6 is 0 Å². The molecule has 1 rings (SSSR count). The number of hydrogen-bond donors (Lipinski definition) is 2. The van der Waals surface area contributed by atoms with E-state index in [0.29, 0.717) is 6.42 Å². The highest BCUT2D eigenvalue weighted by atomic mass is 16.1. The van der Waals surface area contributed by atoms with Crippen molar-refractivity contribution in [1.82, 2.24) is 0 Å². The number of aryl methyl sites for hydroxylation is 1. The molecule has 4 heteroatoms. The maximum absolute atomic E-state index is 11.7. The minimum absolute atomic E-state index is 0.00541. The lowest BCUT2D eigenvalue weighted by Gasteiger charge is -2.21. The van der Waals surface area contributed by atoms with E-state index >= 15 is 0 Å². The van der Waals surface area contributed by atoms with Gasteiger partial charge >= 0.3 is 0 Å². The van der Waals surface area contributed by atoms with Crippen LogP contribution in [-0.4, -0.2) is 12.5 Å². The summed E-state index contributed by atoms with van der Waals surface area (Å²) < 4.78 is 0. The molecule has 102 valence electrons. The van der Waals surface area contributed by atoms with Gasteiger partial charge in [0, 0.05) is 18.7 Å². The zero-order chi connectivity index (χ0) is 14.5. The van der Waals surface area contributed by atoms with Crippen LogP contribution < -0.4 is 11.1 Å². The molecule has 0 aliphatic heterocycles. The number of carbonyl (C=O) groups excluding carboxylic acids is 1. The number of hydrogen-bond acceptors (Lipinski definition) is 3. The van der Waals surface area contributed by atoms with Gasteiger partial charge in [-0.25, -0.2) is 0 Å². The van der Waals surface area contributed by atoms with Crippen LogP contribution in [0.1, 0.15) is 37.8 Å². The van der Waals surface area contributed by atoms with Gasteiger partial charge in [0.15, 0.2) is 0 Å². The lowest BCUT2D eigenvalue weighted by atomic mass is 9.83. The Labute approximate surface area is 114 Å². The van der Waals surface area contributed by atoms with Crippen molar-refractivity contribution in [2.24, 2.45) is 5.73 Å². The van der Waals surface area contributed by atoms with Crippen molar-refractivity contribution < 1.29 is 4.79 Å². The first-order valence-electron chi connectivity index (χ1n) is 6.49. The first kappa shape index (κ1) is 15.2. The van der Waals surface area contributed by atoms with Gasteiger partial charge in [0.1, 0.15) is 0 Å². The van der Waals surface area contributed by atoms with Gasteiger partial charge in [-0.1, -0.05) is 19.1 Å². The van der Waals surface area contributed by atoms with Crippen molar-refractivity contribution in [3.05, 3.63) is 29.3 Å². The summed E-state index contributed by atoms with van der Waals surface area (Å²) in [5, 5.41) is 12.1. The molecule has 0 aliphatic rings. The van der Waals surface area contributed by atoms with Gasteiger partial charge in [-0.2, -0.15) is 5.26 Å². The van der Waals surface area contributed by atoms with E-state index in [9.17, 15) is 10.1 Å². The number of benzene rings is 1. The average molecular weight is 259 g/mol. The highest BCUT2D eigenvalue weighted by molar-refractivity contribution is 5.91. The Morgan fingerprint density at radius 1 is 1.53 bits per heavy atom. The Morgan fingerprint density at radius 2 is 2.21 bits per heavy atom. The number of nitrogens with zero attached hydrogens (tertiary/aromatic N) is 1. The number of rotatable bonds is 5. The summed E-state index contributed by atoms with van der Waals surface area (Å²) in [6.45, 7) is 5.94. The van der Waals surface area contributed by atoms with Gasteiger partial charge < -0.3 is 11.1 Å². The van der Waals surface area contributed by atoms with Crippen molar-refractivity contribution in [2.75, 3.05) is 11.9 Å². The lowest BCUT2D eigenvalue weighted by Crippen LogP contribution is -2.30. The first-order valence-corrected chi connectivity index (χ1v) is 6.49. The fraction of sp³-hybridized carbons (Fsp3) is 0.467. The van der Waals surface area contributed by atoms with Crippen molar-refractivity contribution in [2.45, 2.75) is 39.0 Å². The highest BCUT2D eigenvalue weighted by Gasteiger charge is 2.25. The molecule has 1 atom stereocenters. The Hall–Kier alpha value is -1.86. The van der Waals surface area contributed by atoms with Crippen molar-refractivity contribution in [3.8, 4) is 6.07 Å². The standard InChI is InChI=1S/C15H21N3O/c1-4-5-14(19)18-13-8-12(7-6-11(13)2)15(3,9-16)10-17/h6-8H,4-5,9,16H2,1-3H3,(H,18,19). The molecule has 0 saturated heterocycles. The predicted molar refractivity (Wildman–Crippen MR) is 76.7 cm³/mol. The Balaban J connectivity index is 3.08. The van der Waals surface area contributed by atoms with Gasteiger partial charge in [0.05, 0.1) is 11.5 Å². The number of nitriles is 1. The first-order chi connectivity index (χ1) is 8.96. The number of amides is 1. The molecular formula is C15H21N3O. The number of nitrogens with one attached hydrogen (secondary N) is 1. The molecule has 1 aromatic rings. The minimum atomic E-state index is -0.724. The summed E-state index contributed by atoms with van der Waals surface area (Å²) in [7, 11) is 0. The fourth-order valence-electron chi connectivity index (χ4n) is 1.77. The predicted octanol–water partition coefficient (Wildman–Crippen LogP) is 2.47. The van der Waals surface area contributed by atoms with E-state index in [2.05, 4.69) is 11.4 Å². The second-order valence-corrected chi connectivity index (χ2v) is 4.98. The summed E-state index contributed by atoms with van der Waals surface area (Å²) in [4.78, 5) is 11.7. The summed E-state index contributed by atoms with van der Waals surface area (Å²) in [5.41, 5.74) is 7.51. The van der Waals surface area contributed by atoms with Gasteiger partial charge in [0.25, 0.3) is 0 Å². The molecule has 1 amide bonds. The van der Waals surface area contributed by atoms with Crippen LogP contribution in [-0.2, 0) is 10.2 Å². The van der Waals surface area contributed by atoms with Crippen LogP contribution in [0.2, 0.25) is 0 Å². The molecule has 19 heavy (non-hydrogen) atoms. The molecule has 1 unspecified atom stereocenters. The highest BCUT2D eigenvalue weighted by Crippen LogP contribution is 2.26. The third-order valence-corrected chi connectivity index (χ3v) is 3.28. The SMILES string of the molecule is CCCC(=O)Nc1cc(C(C)(C#N)CN)ccc1C. The molecule has 0 aliphatic carbocycles. The van der Waals surface area contributed by atoms with Gasteiger partial charge in [0.2, 0.25) is 5.91 Å². The van der Waals surface area contributed by atoms with E-state index in [4.69, 9.17) is 5.73 Å². The maximum atomic E-state index is 11.7. The van der Waals surface area contributed by atoms with Crippen molar-refractivity contribution in [1.29, 1.82) is 5.26 Å². The molecule has 3 N–H and O–H groups in total. The molecule has 0 bridgehead atoms. The van der Waals surface area contributed by atoms with Crippen LogP contribution in [0, 0.1) is 18.3 Å². The third kappa shape index (κ3) is 3.55. The van der Waals surface area contributed by atoms with E-state index in [1.807, 2.05) is 32.0 Å². The molecule has 1 aromatic carbocycles. The van der Waals surface area contributed by atoms with E-state index in [1.54, 1.807) is 6.92 Å². The lowest BCUT2D eigenvalue weighted by molar-refractivity contribution is -0.116. The fourth-order valence-corrected chi connectivity index (χ4v) is 1.77. The van der Waals surface area contributed by atoms with Crippen LogP contribution in [0.4, 0.5) is 5.69 Å². The molecule has 0 aromatic heterocycles. The average Bonchev–Trinajstić information content (AvgIpc) is 2.40. The Bertz CT molecular complexity index is 505. The van der Waals surface area contributed by atoms with Crippen LogP contribution in [0.3, 0.4) is 0 Å². The Morgan fingerprint density at radius 3 is 2.74 bits per heavy atom. The van der Waals surface area contributed by atoms with Crippen LogP contribution in [0.5, 0.6) is 0 Å². The maximum Gasteiger partial charge on any atom is 0.224 e. The van der Waals surface area contributed by atoms with Crippen LogP contribution in [0.15, 0.2) is 18.2 Å². The van der Waals surface area contributed by atoms with Crippen molar-refractivity contribution >= 4 is 11.6 Å². The molecule has 0 radical (unpaired) electrons.